The predicted molar refractivity (Wildman–Crippen MR) is 130 cm³/mol. The van der Waals surface area contributed by atoms with Crippen LogP contribution in [0.4, 0.5) is 9.18 Å². The Kier molecular flexibility index (Phi) is 7.73. The lowest BCUT2D eigenvalue weighted by atomic mass is 9.76. The lowest BCUT2D eigenvalue weighted by Gasteiger charge is -2.37. The lowest BCUT2D eigenvalue weighted by molar-refractivity contribution is 0.146. The standard InChI is InChI=1S/C26H30FN3O2S/c1-30(2)24(21-9-6-10-22(27)15-21)19-13-11-18(12-14-19)16-28-26(31)32-23-17-33-25(29-23)20-7-4-3-5-8-20/h3-10,15,17-19,24H,11-14,16H2,1-2H3,(H,28,31). The van der Waals surface area contributed by atoms with E-state index in [0.29, 0.717) is 24.3 Å². The normalized spacial score (nSPS) is 19.3. The third-order valence-corrected chi connectivity index (χ3v) is 7.19. The Bertz CT molecular complexity index is 1050. The van der Waals surface area contributed by atoms with Gasteiger partial charge in [-0.15, -0.1) is 11.3 Å². The van der Waals surface area contributed by atoms with Gasteiger partial charge in [0.1, 0.15) is 10.8 Å². The zero-order valence-corrected chi connectivity index (χ0v) is 19.9. The van der Waals surface area contributed by atoms with Gasteiger partial charge in [-0.3, -0.25) is 0 Å². The number of aromatic nitrogens is 1. The molecule has 1 heterocycles. The number of carbonyl (C=O) groups is 1. The minimum Gasteiger partial charge on any atom is -0.390 e. The first-order valence-electron chi connectivity index (χ1n) is 11.4. The van der Waals surface area contributed by atoms with Gasteiger partial charge in [-0.25, -0.2) is 14.2 Å². The molecule has 1 N–H and O–H groups in total. The highest BCUT2D eigenvalue weighted by molar-refractivity contribution is 7.13. The SMILES string of the molecule is CN(C)C(c1cccc(F)c1)C1CCC(CNC(=O)Oc2csc(-c3ccccc3)n2)CC1. The van der Waals surface area contributed by atoms with E-state index in [4.69, 9.17) is 4.74 Å². The molecule has 33 heavy (non-hydrogen) atoms. The van der Waals surface area contributed by atoms with Gasteiger partial charge in [0.15, 0.2) is 0 Å². The summed E-state index contributed by atoms with van der Waals surface area (Å²) in [5, 5.41) is 5.47. The second kappa shape index (κ2) is 10.9. The maximum Gasteiger partial charge on any atom is 0.413 e. The molecule has 5 nitrogen and oxygen atoms in total. The van der Waals surface area contributed by atoms with Crippen molar-refractivity contribution in [2.24, 2.45) is 11.8 Å². The molecule has 1 atom stereocenters. The molecule has 1 fully saturated rings. The molecule has 0 saturated heterocycles. The van der Waals surface area contributed by atoms with Crippen molar-refractivity contribution in [1.82, 2.24) is 15.2 Å². The van der Waals surface area contributed by atoms with E-state index in [1.165, 1.54) is 17.4 Å². The van der Waals surface area contributed by atoms with Gasteiger partial charge in [0.2, 0.25) is 5.88 Å². The average molecular weight is 468 g/mol. The number of amides is 1. The minimum atomic E-state index is -0.465. The second-order valence-electron chi connectivity index (χ2n) is 8.87. The Morgan fingerprint density at radius 3 is 2.61 bits per heavy atom. The number of carbonyl (C=O) groups excluding carboxylic acids is 1. The smallest absolute Gasteiger partial charge is 0.390 e. The first kappa shape index (κ1) is 23.4. The summed E-state index contributed by atoms with van der Waals surface area (Å²) in [5.41, 5.74) is 2.03. The Labute approximate surface area is 198 Å². The predicted octanol–water partition coefficient (Wildman–Crippen LogP) is 6.15. The summed E-state index contributed by atoms with van der Waals surface area (Å²) in [5.74, 6) is 1.02. The Balaban J connectivity index is 1.25. The number of hydrogen-bond acceptors (Lipinski definition) is 5. The number of halogens is 1. The number of ether oxygens (including phenoxy) is 1. The van der Waals surface area contributed by atoms with E-state index in [-0.39, 0.29) is 11.9 Å². The van der Waals surface area contributed by atoms with Crippen molar-refractivity contribution in [3.63, 3.8) is 0 Å². The average Bonchev–Trinajstić information content (AvgIpc) is 3.27. The Hall–Kier alpha value is -2.77. The van der Waals surface area contributed by atoms with Crippen LogP contribution in [0, 0.1) is 17.7 Å². The summed E-state index contributed by atoms with van der Waals surface area (Å²) in [7, 11) is 4.11. The molecular formula is C26H30FN3O2S. The molecule has 4 rings (SSSR count). The first-order valence-corrected chi connectivity index (χ1v) is 12.3. The fourth-order valence-electron chi connectivity index (χ4n) is 4.77. The van der Waals surface area contributed by atoms with Crippen LogP contribution in [0.15, 0.2) is 60.0 Å². The highest BCUT2D eigenvalue weighted by Gasteiger charge is 2.30. The molecule has 174 valence electrons. The van der Waals surface area contributed by atoms with Crippen molar-refractivity contribution in [1.29, 1.82) is 0 Å². The van der Waals surface area contributed by atoms with Gasteiger partial charge in [0.05, 0.1) is 5.38 Å². The molecule has 1 saturated carbocycles. The van der Waals surface area contributed by atoms with Crippen molar-refractivity contribution in [2.75, 3.05) is 20.6 Å². The molecule has 1 amide bonds. The molecule has 1 aromatic heterocycles. The molecule has 2 aromatic carbocycles. The van der Waals surface area contributed by atoms with Crippen LogP contribution >= 0.6 is 11.3 Å². The second-order valence-corrected chi connectivity index (χ2v) is 9.73. The molecule has 1 unspecified atom stereocenters. The summed E-state index contributed by atoms with van der Waals surface area (Å²) >= 11 is 1.45. The van der Waals surface area contributed by atoms with Gasteiger partial charge in [-0.05, 0) is 69.3 Å². The molecule has 1 aliphatic rings. The fraction of sp³-hybridized carbons (Fsp3) is 0.385. The van der Waals surface area contributed by atoms with Crippen molar-refractivity contribution in [3.05, 3.63) is 71.4 Å². The van der Waals surface area contributed by atoms with Crippen molar-refractivity contribution >= 4 is 17.4 Å². The minimum absolute atomic E-state index is 0.188. The van der Waals surface area contributed by atoms with Gasteiger partial charge in [-0.2, -0.15) is 0 Å². The third-order valence-electron chi connectivity index (χ3n) is 6.32. The van der Waals surface area contributed by atoms with Crippen LogP contribution in [0.2, 0.25) is 0 Å². The topological polar surface area (TPSA) is 54.5 Å². The summed E-state index contributed by atoms with van der Waals surface area (Å²) < 4.78 is 19.1. The largest absolute Gasteiger partial charge is 0.413 e. The van der Waals surface area contributed by atoms with Crippen molar-refractivity contribution in [3.8, 4) is 16.5 Å². The summed E-state index contributed by atoms with van der Waals surface area (Å²) in [6.45, 7) is 0.591. The quantitative estimate of drug-likeness (QED) is 0.453. The Morgan fingerprint density at radius 1 is 1.15 bits per heavy atom. The molecule has 1 aliphatic carbocycles. The summed E-state index contributed by atoms with van der Waals surface area (Å²) in [6, 6.07) is 17.0. The van der Waals surface area contributed by atoms with E-state index in [1.54, 1.807) is 17.5 Å². The molecule has 0 spiro atoms. The van der Waals surface area contributed by atoms with Crippen LogP contribution in [0.25, 0.3) is 10.6 Å². The van der Waals surface area contributed by atoms with Crippen LogP contribution in [-0.4, -0.2) is 36.6 Å². The Morgan fingerprint density at radius 2 is 1.91 bits per heavy atom. The van der Waals surface area contributed by atoms with Gasteiger partial charge < -0.3 is 15.0 Å². The van der Waals surface area contributed by atoms with Crippen LogP contribution in [0.1, 0.15) is 37.3 Å². The number of hydrogen-bond donors (Lipinski definition) is 1. The number of thiazole rings is 1. The first-order chi connectivity index (χ1) is 16.0. The van der Waals surface area contributed by atoms with Gasteiger partial charge >= 0.3 is 6.09 Å². The molecule has 0 bridgehead atoms. The molecule has 7 heteroatoms. The molecule has 0 aliphatic heterocycles. The number of nitrogens with one attached hydrogen (secondary N) is 1. The third kappa shape index (κ3) is 6.18. The molecule has 3 aromatic rings. The molecule has 0 radical (unpaired) electrons. The van der Waals surface area contributed by atoms with Crippen LogP contribution in [-0.2, 0) is 0 Å². The van der Waals surface area contributed by atoms with Gasteiger partial charge in [0, 0.05) is 18.2 Å². The van der Waals surface area contributed by atoms with E-state index >= 15 is 0 Å². The van der Waals surface area contributed by atoms with Crippen LogP contribution in [0.5, 0.6) is 5.88 Å². The summed E-state index contributed by atoms with van der Waals surface area (Å²) in [6.07, 6.45) is 3.69. The van der Waals surface area contributed by atoms with E-state index in [2.05, 4.69) is 29.3 Å². The van der Waals surface area contributed by atoms with E-state index in [1.807, 2.05) is 36.4 Å². The molecular weight excluding hydrogens is 437 g/mol. The van der Waals surface area contributed by atoms with Crippen LogP contribution < -0.4 is 10.1 Å². The zero-order valence-electron chi connectivity index (χ0n) is 19.0. The zero-order chi connectivity index (χ0) is 23.2. The summed E-state index contributed by atoms with van der Waals surface area (Å²) in [4.78, 5) is 18.9. The highest BCUT2D eigenvalue weighted by atomic mass is 32.1. The lowest BCUT2D eigenvalue weighted by Crippen LogP contribution is -2.35. The number of rotatable bonds is 7. The van der Waals surface area contributed by atoms with E-state index < -0.39 is 6.09 Å². The van der Waals surface area contributed by atoms with Crippen molar-refractivity contribution in [2.45, 2.75) is 31.7 Å². The van der Waals surface area contributed by atoms with E-state index in [9.17, 15) is 9.18 Å². The highest BCUT2D eigenvalue weighted by Crippen LogP contribution is 2.39. The van der Waals surface area contributed by atoms with Gasteiger partial charge in [-0.1, -0.05) is 42.5 Å². The fourth-order valence-corrected chi connectivity index (χ4v) is 5.50. The van der Waals surface area contributed by atoms with Gasteiger partial charge in [0.25, 0.3) is 0 Å². The maximum absolute atomic E-state index is 13.8. The number of benzene rings is 2. The van der Waals surface area contributed by atoms with Crippen molar-refractivity contribution < 1.29 is 13.9 Å². The number of nitrogens with zero attached hydrogens (tertiary/aromatic N) is 2. The monoisotopic (exact) mass is 467 g/mol. The maximum atomic E-state index is 13.8. The van der Waals surface area contributed by atoms with Crippen LogP contribution in [0.3, 0.4) is 0 Å². The van der Waals surface area contributed by atoms with E-state index in [0.717, 1.165) is 41.8 Å².